The van der Waals surface area contributed by atoms with E-state index in [1.807, 2.05) is 0 Å². The summed E-state index contributed by atoms with van der Waals surface area (Å²) in [5.41, 5.74) is 0.531. The first-order valence-electron chi connectivity index (χ1n) is 4.48. The zero-order valence-electron chi connectivity index (χ0n) is 8.71. The average Bonchev–Trinajstić information content (AvgIpc) is 2.24. The van der Waals surface area contributed by atoms with Crippen LogP contribution in [0.1, 0.15) is 5.56 Å². The normalized spacial score (nSPS) is 10.8. The number of nitro benzene ring substituents is 1. The zero-order valence-corrected chi connectivity index (χ0v) is 11.1. The molecular weight excluding hydrogens is 306 g/mol. The highest BCUT2D eigenvalue weighted by molar-refractivity contribution is 8.05. The molecule has 10 heteroatoms. The summed E-state index contributed by atoms with van der Waals surface area (Å²) in [6, 6.07) is 5.49. The Hall–Kier alpha value is -1.30. The summed E-state index contributed by atoms with van der Waals surface area (Å²) in [6.07, 6.45) is -4.96. The molecule has 1 aromatic carbocycles. The molecule has 1 N–H and O–H groups in total. The van der Waals surface area contributed by atoms with Crippen LogP contribution in [0.4, 0.5) is 10.5 Å². The van der Waals surface area contributed by atoms with E-state index < -0.39 is 17.1 Å². The third kappa shape index (κ3) is 5.35. The second-order valence-electron chi connectivity index (χ2n) is 3.07. The highest BCUT2D eigenvalue weighted by atomic mass is 35.9. The van der Waals surface area contributed by atoms with Crippen LogP contribution in [0.5, 0.6) is 0 Å². The van der Waals surface area contributed by atoms with Gasteiger partial charge in [-0.1, -0.05) is 12.1 Å². The van der Waals surface area contributed by atoms with E-state index in [-0.39, 0.29) is 12.2 Å². The number of benzene rings is 1. The van der Waals surface area contributed by atoms with Gasteiger partial charge < -0.3 is 9.84 Å². The number of rotatable bonds is 4. The van der Waals surface area contributed by atoms with Crippen molar-refractivity contribution in [3.05, 3.63) is 39.9 Å². The van der Waals surface area contributed by atoms with Crippen molar-refractivity contribution in [1.82, 2.24) is 5.32 Å². The van der Waals surface area contributed by atoms with Crippen molar-refractivity contribution in [2.24, 2.45) is 0 Å². The molecule has 0 aromatic heterocycles. The number of hydrogen-bond acceptors (Lipinski definition) is 5. The summed E-state index contributed by atoms with van der Waals surface area (Å²) in [6.45, 7) is 0.0323. The van der Waals surface area contributed by atoms with Crippen LogP contribution < -0.4 is 5.32 Å². The predicted octanol–water partition coefficient (Wildman–Crippen LogP) is 3.41. The molecule has 1 aromatic rings. The van der Waals surface area contributed by atoms with Gasteiger partial charge in [-0.05, 0) is 5.56 Å². The Kier molecular flexibility index (Phi) is 4.95. The van der Waals surface area contributed by atoms with Crippen molar-refractivity contribution in [3.63, 3.8) is 0 Å². The van der Waals surface area contributed by atoms with Gasteiger partial charge in [0.1, 0.15) is 0 Å². The molecule has 0 fully saturated rings. The lowest BCUT2D eigenvalue weighted by atomic mass is 10.2. The number of hydrogen-bond donors (Lipinski definition) is 1. The summed E-state index contributed by atoms with van der Waals surface area (Å²) in [7, 11) is 0. The number of nitro groups is 1. The number of carbonyl (C=O) groups excluding carboxylic acids is 1. The van der Waals surface area contributed by atoms with Crippen molar-refractivity contribution < 1.29 is 18.8 Å². The third-order valence-corrected chi connectivity index (χ3v) is 2.57. The average molecular weight is 313 g/mol. The number of nitrogens with one attached hydrogen (secondary N) is 1. The molecule has 0 atom stereocenters. The van der Waals surface area contributed by atoms with E-state index in [1.54, 1.807) is 0 Å². The van der Waals surface area contributed by atoms with E-state index in [1.165, 1.54) is 24.3 Å². The lowest BCUT2D eigenvalue weighted by Crippen LogP contribution is -2.21. The molecule has 0 bridgehead atoms. The fourth-order valence-electron chi connectivity index (χ4n) is 1.04. The monoisotopic (exact) mass is 312 g/mol. The van der Waals surface area contributed by atoms with Crippen molar-refractivity contribution in [1.29, 1.82) is 0 Å². The molecule has 0 aliphatic heterocycles. The number of non-ortho nitro benzene ring substituents is 1. The maximum Gasteiger partial charge on any atom is 0.431 e. The second kappa shape index (κ2) is 6.04. The van der Waals surface area contributed by atoms with Crippen LogP contribution in [0.25, 0.3) is 0 Å². The minimum Gasteiger partial charge on any atom is -0.373 e. The van der Waals surface area contributed by atoms with Crippen molar-refractivity contribution >= 4 is 40.3 Å². The Morgan fingerprint density at radius 3 is 2.39 bits per heavy atom. The Morgan fingerprint density at radius 2 is 1.94 bits per heavy atom. The molecule has 1 amide bonds. The maximum atomic E-state index is 11.0. The number of nitrogens with zero attached hydrogens (tertiary/aromatic N) is 1. The molecule has 0 heterocycles. The molecule has 0 unspecified atom stereocenters. The highest BCUT2D eigenvalue weighted by Crippen LogP contribution is 2.57. The Labute approximate surface area is 111 Å². The molecule has 0 radical (unpaired) electrons. The van der Waals surface area contributed by atoms with Gasteiger partial charge in [0.2, 0.25) is 0 Å². The van der Waals surface area contributed by atoms with Gasteiger partial charge in [0.25, 0.3) is 5.69 Å². The van der Waals surface area contributed by atoms with E-state index in [9.17, 15) is 19.5 Å². The molecule has 0 aliphatic carbocycles. The van der Waals surface area contributed by atoms with Crippen LogP contribution in [-0.2, 0) is 15.6 Å². The lowest BCUT2D eigenvalue weighted by Gasteiger charge is -2.06. The van der Waals surface area contributed by atoms with Crippen LogP contribution in [0.15, 0.2) is 24.3 Å². The number of amides is 1. The Balaban J connectivity index is 2.51. The summed E-state index contributed by atoms with van der Waals surface area (Å²) in [4.78, 5) is 20.9. The molecule has 0 saturated carbocycles. The predicted molar refractivity (Wildman–Crippen MR) is 65.7 cm³/mol. The highest BCUT2D eigenvalue weighted by Gasteiger charge is 2.19. The van der Waals surface area contributed by atoms with Crippen molar-refractivity contribution in [3.8, 4) is 0 Å². The van der Waals surface area contributed by atoms with E-state index in [0.29, 0.717) is 5.56 Å². The lowest BCUT2D eigenvalue weighted by molar-refractivity contribution is -0.384. The fraction of sp³-hybridized carbons (Fsp3) is 0.125. The van der Waals surface area contributed by atoms with Crippen LogP contribution in [0, 0.1) is 10.1 Å². The minimum atomic E-state index is -3.92. The molecule has 98 valence electrons. The van der Waals surface area contributed by atoms with Crippen molar-refractivity contribution in [2.45, 2.75) is 6.54 Å². The topological polar surface area (TPSA) is 98.5 Å². The first-order chi connectivity index (χ1) is 8.28. The Bertz CT molecular complexity index is 501. The number of carbonyl (C=O) groups is 1. The fourth-order valence-corrected chi connectivity index (χ4v) is 1.67. The Morgan fingerprint density at radius 1 is 1.39 bits per heavy atom. The SMILES string of the molecule is O=C(NCc1ccc([N+](=O)[O-])cc1)OP(=O)(Cl)Cl. The van der Waals surface area contributed by atoms with E-state index in [2.05, 4.69) is 9.84 Å². The first-order valence-corrected chi connectivity index (χ1v) is 7.91. The van der Waals surface area contributed by atoms with Gasteiger partial charge >= 0.3 is 12.2 Å². The van der Waals surface area contributed by atoms with Crippen LogP contribution in [0.3, 0.4) is 0 Å². The van der Waals surface area contributed by atoms with Gasteiger partial charge in [0.05, 0.1) is 4.92 Å². The van der Waals surface area contributed by atoms with E-state index in [4.69, 9.17) is 22.5 Å². The standard InChI is InChI=1S/C8H7Cl2N2O5P/c9-18(10,16)17-8(13)11-5-6-1-3-7(4-2-6)12(14)15/h1-4H,5H2,(H,11,13). The summed E-state index contributed by atoms with van der Waals surface area (Å²) in [5, 5.41) is 12.6. The molecule has 0 saturated heterocycles. The first kappa shape index (κ1) is 14.8. The van der Waals surface area contributed by atoms with Gasteiger partial charge in [0.15, 0.2) is 0 Å². The molecule has 0 spiro atoms. The largest absolute Gasteiger partial charge is 0.431 e. The molecule has 7 nitrogen and oxygen atoms in total. The summed E-state index contributed by atoms with van der Waals surface area (Å²) >= 11 is 10.1. The smallest absolute Gasteiger partial charge is 0.373 e. The van der Waals surface area contributed by atoms with E-state index in [0.717, 1.165) is 0 Å². The second-order valence-corrected chi connectivity index (χ2v) is 7.27. The quantitative estimate of drug-likeness (QED) is 0.522. The summed E-state index contributed by atoms with van der Waals surface area (Å²) in [5.74, 6) is 0. The van der Waals surface area contributed by atoms with Gasteiger partial charge in [-0.25, -0.2) is 9.36 Å². The molecule has 18 heavy (non-hydrogen) atoms. The van der Waals surface area contributed by atoms with E-state index >= 15 is 0 Å². The molecule has 0 aliphatic rings. The maximum absolute atomic E-state index is 11.0. The van der Waals surface area contributed by atoms with Gasteiger partial charge in [-0.15, -0.1) is 0 Å². The van der Waals surface area contributed by atoms with Gasteiger partial charge in [0, 0.05) is 41.2 Å². The van der Waals surface area contributed by atoms with Gasteiger partial charge in [-0.2, -0.15) is 0 Å². The zero-order chi connectivity index (χ0) is 13.8. The van der Waals surface area contributed by atoms with Gasteiger partial charge in [-0.3, -0.25) is 10.1 Å². The molecule has 1 rings (SSSR count). The third-order valence-electron chi connectivity index (χ3n) is 1.77. The van der Waals surface area contributed by atoms with Crippen LogP contribution >= 0.6 is 28.6 Å². The minimum absolute atomic E-state index is 0.0323. The molecular formula is C8H7Cl2N2O5P. The van der Waals surface area contributed by atoms with Crippen LogP contribution in [-0.4, -0.2) is 11.0 Å². The summed E-state index contributed by atoms with van der Waals surface area (Å²) < 4.78 is 14.9. The van der Waals surface area contributed by atoms with Crippen LogP contribution in [0.2, 0.25) is 0 Å². The van der Waals surface area contributed by atoms with Crippen molar-refractivity contribution in [2.75, 3.05) is 0 Å². The number of halogens is 2.